The minimum atomic E-state index is -0.637. The molecular weight excluding hydrogens is 328 g/mol. The quantitative estimate of drug-likeness (QED) is 0.491. The third kappa shape index (κ3) is 3.60. The molecule has 0 aliphatic rings. The summed E-state index contributed by atoms with van der Waals surface area (Å²) < 4.78 is 1.20. The molecule has 6 nitrogen and oxygen atoms in total. The van der Waals surface area contributed by atoms with Gasteiger partial charge in [0, 0.05) is 15.8 Å². The van der Waals surface area contributed by atoms with Crippen molar-refractivity contribution in [2.45, 2.75) is 6.61 Å². The van der Waals surface area contributed by atoms with E-state index in [1.54, 1.807) is 11.3 Å². The van der Waals surface area contributed by atoms with Gasteiger partial charge in [-0.3, -0.25) is 19.6 Å². The third-order valence-electron chi connectivity index (χ3n) is 3.43. The zero-order chi connectivity index (χ0) is 16.9. The lowest BCUT2D eigenvalue weighted by Crippen LogP contribution is -2.24. The molecular formula is C17H14N2O4S. The molecule has 2 amide bonds. The van der Waals surface area contributed by atoms with Gasteiger partial charge in [-0.15, -0.1) is 11.3 Å². The van der Waals surface area contributed by atoms with Gasteiger partial charge in [0.05, 0.1) is 6.61 Å². The Bertz CT molecular complexity index is 874. The van der Waals surface area contributed by atoms with Crippen molar-refractivity contribution in [3.63, 3.8) is 0 Å². The average Bonchev–Trinajstić information content (AvgIpc) is 3.09. The van der Waals surface area contributed by atoms with Crippen LogP contribution in [-0.2, 0) is 11.4 Å². The first-order chi connectivity index (χ1) is 11.7. The Balaban J connectivity index is 1.56. The van der Waals surface area contributed by atoms with E-state index in [1.807, 2.05) is 29.6 Å². The molecule has 2 aromatic carbocycles. The van der Waals surface area contributed by atoms with Crippen molar-refractivity contribution in [3.8, 4) is 0 Å². The van der Waals surface area contributed by atoms with Crippen molar-refractivity contribution in [1.82, 2.24) is 11.0 Å². The van der Waals surface area contributed by atoms with Crippen molar-refractivity contribution in [1.29, 1.82) is 0 Å². The predicted molar refractivity (Wildman–Crippen MR) is 89.8 cm³/mol. The van der Waals surface area contributed by atoms with Crippen molar-refractivity contribution < 1.29 is 19.6 Å². The summed E-state index contributed by atoms with van der Waals surface area (Å²) in [7, 11) is 0. The third-order valence-corrected chi connectivity index (χ3v) is 4.33. The summed E-state index contributed by atoms with van der Waals surface area (Å²) >= 11 is 1.67. The van der Waals surface area contributed by atoms with Crippen LogP contribution in [0.5, 0.6) is 0 Å². The second-order valence-electron chi connectivity index (χ2n) is 5.03. The number of hydrogen-bond donors (Lipinski definition) is 3. The fourth-order valence-corrected chi connectivity index (χ4v) is 2.96. The molecule has 0 unspecified atom stereocenters. The highest BCUT2D eigenvalue weighted by atomic mass is 32.1. The van der Waals surface area contributed by atoms with Crippen LogP contribution in [0.4, 0.5) is 0 Å². The molecule has 122 valence electrons. The molecule has 3 aromatic rings. The second kappa shape index (κ2) is 7.22. The number of fused-ring (bicyclic) bond motifs is 1. The molecule has 7 heteroatoms. The van der Waals surface area contributed by atoms with Crippen LogP contribution in [0.3, 0.4) is 0 Å². The lowest BCUT2D eigenvalue weighted by molar-refractivity contribution is 0.0234. The molecule has 0 fully saturated rings. The van der Waals surface area contributed by atoms with E-state index in [1.165, 1.54) is 34.4 Å². The molecule has 0 spiro atoms. The topological polar surface area (TPSA) is 87.7 Å². The highest BCUT2D eigenvalue weighted by molar-refractivity contribution is 7.17. The molecule has 0 aliphatic carbocycles. The number of nitrogens with one attached hydrogen (secondary N) is 2. The molecule has 0 bridgehead atoms. The van der Waals surface area contributed by atoms with Gasteiger partial charge < -0.3 is 0 Å². The van der Waals surface area contributed by atoms with Crippen molar-refractivity contribution >= 4 is 33.2 Å². The molecule has 0 atom stereocenters. The van der Waals surface area contributed by atoms with E-state index in [9.17, 15) is 9.59 Å². The van der Waals surface area contributed by atoms with Gasteiger partial charge >= 0.3 is 0 Å². The second-order valence-corrected chi connectivity index (χ2v) is 5.98. The number of benzene rings is 2. The summed E-state index contributed by atoms with van der Waals surface area (Å²) in [5.74, 6) is -1.05. The SMILES string of the molecule is O=C(NO)c1ccc(C(=O)NOCc2ccc3sccc3c2)cc1. The highest BCUT2D eigenvalue weighted by Crippen LogP contribution is 2.21. The zero-order valence-electron chi connectivity index (χ0n) is 12.5. The van der Waals surface area contributed by atoms with E-state index in [-0.39, 0.29) is 12.2 Å². The van der Waals surface area contributed by atoms with Gasteiger partial charge in [0.2, 0.25) is 0 Å². The van der Waals surface area contributed by atoms with Gasteiger partial charge in [-0.25, -0.2) is 11.0 Å². The number of hydroxylamine groups is 2. The van der Waals surface area contributed by atoms with E-state index in [2.05, 4.69) is 5.48 Å². The van der Waals surface area contributed by atoms with E-state index in [4.69, 9.17) is 10.0 Å². The Hall–Kier alpha value is -2.74. The Labute approximate surface area is 141 Å². The first-order valence-corrected chi connectivity index (χ1v) is 7.98. The summed E-state index contributed by atoms with van der Waals surface area (Å²) in [6.07, 6.45) is 0. The molecule has 3 N–H and O–H groups in total. The maximum Gasteiger partial charge on any atom is 0.274 e. The van der Waals surface area contributed by atoms with Gasteiger partial charge in [0.15, 0.2) is 0 Å². The summed E-state index contributed by atoms with van der Waals surface area (Å²) in [6.45, 7) is 0.253. The van der Waals surface area contributed by atoms with E-state index < -0.39 is 11.8 Å². The number of hydrogen-bond acceptors (Lipinski definition) is 5. The van der Waals surface area contributed by atoms with Gasteiger partial charge in [0.25, 0.3) is 11.8 Å². The molecule has 1 aromatic heterocycles. The molecule has 0 saturated carbocycles. The summed E-state index contributed by atoms with van der Waals surface area (Å²) in [5.41, 5.74) is 5.44. The Morgan fingerprint density at radius 2 is 1.71 bits per heavy atom. The van der Waals surface area contributed by atoms with Crippen molar-refractivity contribution in [3.05, 3.63) is 70.6 Å². The fourth-order valence-electron chi connectivity index (χ4n) is 2.19. The van der Waals surface area contributed by atoms with Gasteiger partial charge in [0.1, 0.15) is 0 Å². The van der Waals surface area contributed by atoms with Crippen LogP contribution in [0.25, 0.3) is 10.1 Å². The monoisotopic (exact) mass is 342 g/mol. The summed E-state index contributed by atoms with van der Waals surface area (Å²) in [4.78, 5) is 28.4. The van der Waals surface area contributed by atoms with Crippen LogP contribution in [0, 0.1) is 0 Å². The van der Waals surface area contributed by atoms with E-state index in [0.717, 1.165) is 10.9 Å². The first-order valence-electron chi connectivity index (χ1n) is 7.10. The van der Waals surface area contributed by atoms with Crippen LogP contribution in [-0.4, -0.2) is 17.0 Å². The summed E-state index contributed by atoms with van der Waals surface area (Å²) in [5, 5.41) is 11.7. The van der Waals surface area contributed by atoms with E-state index in [0.29, 0.717) is 5.56 Å². The maximum absolute atomic E-state index is 12.0. The Morgan fingerprint density at radius 1 is 1.00 bits per heavy atom. The number of rotatable bonds is 5. The van der Waals surface area contributed by atoms with Gasteiger partial charge in [-0.1, -0.05) is 6.07 Å². The van der Waals surface area contributed by atoms with Crippen LogP contribution in [0.15, 0.2) is 53.9 Å². The molecule has 0 radical (unpaired) electrons. The minimum Gasteiger partial charge on any atom is -0.288 e. The fraction of sp³-hybridized carbons (Fsp3) is 0.0588. The Kier molecular flexibility index (Phi) is 4.85. The van der Waals surface area contributed by atoms with Crippen LogP contribution in [0.1, 0.15) is 26.3 Å². The van der Waals surface area contributed by atoms with Crippen LogP contribution >= 0.6 is 11.3 Å². The maximum atomic E-state index is 12.0. The summed E-state index contributed by atoms with van der Waals surface area (Å²) in [6, 6.07) is 13.8. The Morgan fingerprint density at radius 3 is 2.42 bits per heavy atom. The standard InChI is InChI=1S/C17H14N2O4S/c20-16(18-22)12-2-4-13(5-3-12)17(21)19-23-10-11-1-6-15-14(9-11)7-8-24-15/h1-9,22H,10H2,(H,18,20)(H,19,21). The first kappa shape index (κ1) is 16.1. The predicted octanol–water partition coefficient (Wildman–Crippen LogP) is 2.88. The van der Waals surface area contributed by atoms with Gasteiger partial charge in [-0.05, 0) is 58.8 Å². The zero-order valence-corrected chi connectivity index (χ0v) is 13.3. The molecule has 24 heavy (non-hydrogen) atoms. The number of amides is 2. The molecule has 0 aliphatic heterocycles. The average molecular weight is 342 g/mol. The lowest BCUT2D eigenvalue weighted by Gasteiger charge is -2.07. The lowest BCUT2D eigenvalue weighted by atomic mass is 10.1. The van der Waals surface area contributed by atoms with E-state index >= 15 is 0 Å². The highest BCUT2D eigenvalue weighted by Gasteiger charge is 2.08. The van der Waals surface area contributed by atoms with Crippen molar-refractivity contribution in [2.75, 3.05) is 0 Å². The normalized spacial score (nSPS) is 10.5. The van der Waals surface area contributed by atoms with Gasteiger partial charge in [-0.2, -0.15) is 0 Å². The number of carbonyl (C=O) groups excluding carboxylic acids is 2. The largest absolute Gasteiger partial charge is 0.288 e. The van der Waals surface area contributed by atoms with Crippen molar-refractivity contribution in [2.24, 2.45) is 0 Å². The number of carbonyl (C=O) groups is 2. The van der Waals surface area contributed by atoms with Crippen LogP contribution < -0.4 is 11.0 Å². The number of thiophene rings is 1. The van der Waals surface area contributed by atoms with Crippen LogP contribution in [0.2, 0.25) is 0 Å². The molecule has 0 saturated heterocycles. The minimum absolute atomic E-state index is 0.249. The molecule has 3 rings (SSSR count). The smallest absolute Gasteiger partial charge is 0.274 e. The molecule has 1 heterocycles.